The number of hydrogen-bond donors (Lipinski definition) is 1. The van der Waals surface area contributed by atoms with Crippen LogP contribution < -0.4 is 5.73 Å². The van der Waals surface area contributed by atoms with Crippen LogP contribution in [0.2, 0.25) is 0 Å². The van der Waals surface area contributed by atoms with E-state index in [-0.39, 0.29) is 11.5 Å². The lowest BCUT2D eigenvalue weighted by Gasteiger charge is -2.07. The predicted octanol–water partition coefficient (Wildman–Crippen LogP) is 1.57. The van der Waals surface area contributed by atoms with E-state index >= 15 is 0 Å². The summed E-state index contributed by atoms with van der Waals surface area (Å²) in [4.78, 5) is 14.6. The van der Waals surface area contributed by atoms with Gasteiger partial charge in [-0.05, 0) is 28.9 Å². The predicted molar refractivity (Wildman–Crippen MR) is 49.5 cm³/mol. The number of hydrogen-bond acceptors (Lipinski definition) is 3. The van der Waals surface area contributed by atoms with Crippen molar-refractivity contribution in [2.45, 2.75) is 13.0 Å². The molecule has 0 amide bonds. The molecule has 1 rings (SSSR count). The van der Waals surface area contributed by atoms with Crippen molar-refractivity contribution < 1.29 is 9.18 Å². The molecular weight excluding hydrogens is 239 g/mol. The van der Waals surface area contributed by atoms with Gasteiger partial charge in [-0.25, -0.2) is 4.39 Å². The van der Waals surface area contributed by atoms with Crippen molar-refractivity contribution >= 4 is 21.7 Å². The number of rotatable bonds is 2. The van der Waals surface area contributed by atoms with E-state index in [4.69, 9.17) is 5.73 Å². The minimum Gasteiger partial charge on any atom is -0.316 e. The molecule has 1 unspecified atom stereocenters. The van der Waals surface area contributed by atoms with Crippen molar-refractivity contribution in [3.8, 4) is 0 Å². The van der Waals surface area contributed by atoms with E-state index < -0.39 is 11.9 Å². The summed E-state index contributed by atoms with van der Waals surface area (Å²) in [5, 5.41) is 0. The summed E-state index contributed by atoms with van der Waals surface area (Å²) in [6.07, 6.45) is 1.40. The molecule has 1 aromatic rings. The molecule has 0 saturated heterocycles. The van der Waals surface area contributed by atoms with Crippen LogP contribution in [0.4, 0.5) is 4.39 Å². The minimum absolute atomic E-state index is 0.0179. The zero-order valence-electron chi connectivity index (χ0n) is 6.92. The molecule has 0 radical (unpaired) electrons. The number of carbonyl (C=O) groups is 1. The Kier molecular flexibility index (Phi) is 3.11. The van der Waals surface area contributed by atoms with Gasteiger partial charge in [0, 0.05) is 10.7 Å². The molecule has 1 heterocycles. The summed E-state index contributed by atoms with van der Waals surface area (Å²) in [5.41, 5.74) is 5.40. The van der Waals surface area contributed by atoms with Crippen LogP contribution in [-0.2, 0) is 4.79 Å². The minimum atomic E-state index is -0.979. The topological polar surface area (TPSA) is 56.0 Å². The fourth-order valence-corrected chi connectivity index (χ4v) is 1.15. The Morgan fingerprint density at radius 3 is 2.85 bits per heavy atom. The smallest absolute Gasteiger partial charge is 0.152 e. The number of aromatic nitrogens is 1. The van der Waals surface area contributed by atoms with Gasteiger partial charge in [-0.15, -0.1) is 0 Å². The molecule has 3 nitrogen and oxygen atoms in total. The molecule has 0 aliphatic rings. The van der Waals surface area contributed by atoms with Gasteiger partial charge in [0.25, 0.3) is 0 Å². The highest BCUT2D eigenvalue weighted by atomic mass is 79.9. The average molecular weight is 247 g/mol. The first-order valence-electron chi connectivity index (χ1n) is 3.59. The van der Waals surface area contributed by atoms with Gasteiger partial charge in [0.05, 0.1) is 0 Å². The molecule has 0 saturated carbocycles. The van der Waals surface area contributed by atoms with Crippen molar-refractivity contribution in [3.05, 3.63) is 28.2 Å². The van der Waals surface area contributed by atoms with Gasteiger partial charge >= 0.3 is 0 Å². The summed E-state index contributed by atoms with van der Waals surface area (Å²) in [6, 6.07) is 0.249. The molecule has 2 N–H and O–H groups in total. The Morgan fingerprint density at radius 2 is 2.38 bits per heavy atom. The number of nitrogens with two attached hydrogens (primary N) is 1. The van der Waals surface area contributed by atoms with E-state index in [9.17, 15) is 9.18 Å². The second kappa shape index (κ2) is 3.93. The Hall–Kier alpha value is -0.810. The molecular formula is C8H8BrFN2O. The molecule has 1 aromatic heterocycles. The molecule has 70 valence electrons. The van der Waals surface area contributed by atoms with Crippen LogP contribution >= 0.6 is 15.9 Å². The van der Waals surface area contributed by atoms with Crippen LogP contribution in [0.3, 0.4) is 0 Å². The summed E-state index contributed by atoms with van der Waals surface area (Å²) in [6.45, 7) is 1.30. The van der Waals surface area contributed by atoms with E-state index in [1.54, 1.807) is 0 Å². The van der Waals surface area contributed by atoms with Crippen molar-refractivity contribution in [2.24, 2.45) is 5.73 Å². The standard InChI is InChI=1S/C8H8BrFN2O/c1-4(13)7(11)8-6(10)2-5(9)3-12-8/h2-3,7H,11H2,1H3. The van der Waals surface area contributed by atoms with E-state index in [0.717, 1.165) is 0 Å². The maximum atomic E-state index is 13.1. The van der Waals surface area contributed by atoms with Gasteiger partial charge < -0.3 is 5.73 Å². The first-order chi connectivity index (χ1) is 6.02. The molecule has 0 fully saturated rings. The first-order valence-corrected chi connectivity index (χ1v) is 4.38. The number of halogens is 2. The summed E-state index contributed by atoms with van der Waals surface area (Å²) < 4.78 is 13.7. The molecule has 5 heteroatoms. The normalized spacial score (nSPS) is 12.6. The first kappa shape index (κ1) is 10.3. The van der Waals surface area contributed by atoms with Crippen LogP contribution in [0.5, 0.6) is 0 Å². The SMILES string of the molecule is CC(=O)C(N)c1ncc(Br)cc1F. The molecule has 0 aliphatic heterocycles. The fourth-order valence-electron chi connectivity index (χ4n) is 0.847. The van der Waals surface area contributed by atoms with Crippen LogP contribution in [0.25, 0.3) is 0 Å². The fraction of sp³-hybridized carbons (Fsp3) is 0.250. The summed E-state index contributed by atoms with van der Waals surface area (Å²) in [5.74, 6) is -0.884. The lowest BCUT2D eigenvalue weighted by Crippen LogP contribution is -2.21. The van der Waals surface area contributed by atoms with Gasteiger partial charge in [0.15, 0.2) is 5.78 Å². The largest absolute Gasteiger partial charge is 0.316 e. The highest BCUT2D eigenvalue weighted by Gasteiger charge is 2.17. The lowest BCUT2D eigenvalue weighted by atomic mass is 10.1. The Bertz CT molecular complexity index is 343. The second-order valence-electron chi connectivity index (χ2n) is 2.61. The zero-order chi connectivity index (χ0) is 10.0. The van der Waals surface area contributed by atoms with Gasteiger partial charge in [-0.3, -0.25) is 9.78 Å². The van der Waals surface area contributed by atoms with E-state index in [0.29, 0.717) is 4.47 Å². The summed E-state index contributed by atoms with van der Waals surface area (Å²) in [7, 11) is 0. The maximum absolute atomic E-state index is 13.1. The Balaban J connectivity index is 3.08. The van der Waals surface area contributed by atoms with E-state index in [1.165, 1.54) is 19.2 Å². The van der Waals surface area contributed by atoms with Crippen molar-refractivity contribution in [1.29, 1.82) is 0 Å². The number of Topliss-reactive ketones (excluding diaryl/α,β-unsaturated/α-hetero) is 1. The zero-order valence-corrected chi connectivity index (χ0v) is 8.51. The van der Waals surface area contributed by atoms with Gasteiger partial charge in [-0.2, -0.15) is 0 Å². The number of carbonyl (C=O) groups excluding carboxylic acids is 1. The molecule has 0 bridgehead atoms. The van der Waals surface area contributed by atoms with Gasteiger partial charge in [0.1, 0.15) is 17.6 Å². The highest BCUT2D eigenvalue weighted by Crippen LogP contribution is 2.17. The van der Waals surface area contributed by atoms with Crippen molar-refractivity contribution in [2.75, 3.05) is 0 Å². The number of nitrogens with zero attached hydrogens (tertiary/aromatic N) is 1. The van der Waals surface area contributed by atoms with Crippen molar-refractivity contribution in [1.82, 2.24) is 4.98 Å². The van der Waals surface area contributed by atoms with Crippen LogP contribution in [0, 0.1) is 5.82 Å². The number of pyridine rings is 1. The van der Waals surface area contributed by atoms with Crippen LogP contribution in [0.1, 0.15) is 18.7 Å². The Labute approximate surface area is 83.3 Å². The van der Waals surface area contributed by atoms with E-state index in [2.05, 4.69) is 20.9 Å². The number of ketones is 1. The van der Waals surface area contributed by atoms with E-state index in [1.807, 2.05) is 0 Å². The van der Waals surface area contributed by atoms with Crippen LogP contribution in [0.15, 0.2) is 16.7 Å². The molecule has 1 atom stereocenters. The van der Waals surface area contributed by atoms with Gasteiger partial charge in [0.2, 0.25) is 0 Å². The quantitative estimate of drug-likeness (QED) is 0.862. The Morgan fingerprint density at radius 1 is 1.77 bits per heavy atom. The van der Waals surface area contributed by atoms with Crippen LogP contribution in [-0.4, -0.2) is 10.8 Å². The average Bonchev–Trinajstić information content (AvgIpc) is 2.03. The van der Waals surface area contributed by atoms with Gasteiger partial charge in [-0.1, -0.05) is 0 Å². The summed E-state index contributed by atoms with van der Waals surface area (Å²) >= 11 is 3.05. The molecule has 13 heavy (non-hydrogen) atoms. The maximum Gasteiger partial charge on any atom is 0.152 e. The monoisotopic (exact) mass is 246 g/mol. The molecule has 0 aromatic carbocycles. The highest BCUT2D eigenvalue weighted by molar-refractivity contribution is 9.10. The molecule has 0 spiro atoms. The third-order valence-electron chi connectivity index (χ3n) is 1.57. The van der Waals surface area contributed by atoms with Crippen molar-refractivity contribution in [3.63, 3.8) is 0 Å². The molecule has 0 aliphatic carbocycles. The third kappa shape index (κ3) is 2.32. The third-order valence-corrected chi connectivity index (χ3v) is 2.00. The lowest BCUT2D eigenvalue weighted by molar-refractivity contribution is -0.118. The second-order valence-corrected chi connectivity index (χ2v) is 3.52.